The Morgan fingerprint density at radius 1 is 0.880 bits per heavy atom. The van der Waals surface area contributed by atoms with Gasteiger partial charge in [0.05, 0.1) is 0 Å². The van der Waals surface area contributed by atoms with Gasteiger partial charge >= 0.3 is 0 Å². The van der Waals surface area contributed by atoms with Crippen LogP contribution in [0.15, 0.2) is 30.3 Å². The SMILES string of the molecule is CCC1CCC(C)CC1c1c(-c2ccc(C)c(C)c2)ccc(C)c1C. The summed E-state index contributed by atoms with van der Waals surface area (Å²) in [5, 5.41) is 0. The lowest BCUT2D eigenvalue weighted by molar-refractivity contribution is 0.242. The van der Waals surface area contributed by atoms with Gasteiger partial charge in [0.25, 0.3) is 0 Å². The average Bonchev–Trinajstić information content (AvgIpc) is 2.59. The van der Waals surface area contributed by atoms with Gasteiger partial charge in [0.15, 0.2) is 0 Å². The van der Waals surface area contributed by atoms with Crippen LogP contribution in [0.5, 0.6) is 0 Å². The molecule has 1 aliphatic carbocycles. The van der Waals surface area contributed by atoms with E-state index in [-0.39, 0.29) is 0 Å². The van der Waals surface area contributed by atoms with Crippen LogP contribution in [0.4, 0.5) is 0 Å². The van der Waals surface area contributed by atoms with Gasteiger partial charge in [0.2, 0.25) is 0 Å². The third-order valence-corrected chi connectivity index (χ3v) is 6.75. The zero-order chi connectivity index (χ0) is 18.1. The number of aryl methyl sites for hydroxylation is 3. The summed E-state index contributed by atoms with van der Waals surface area (Å²) in [7, 11) is 0. The Morgan fingerprint density at radius 2 is 1.60 bits per heavy atom. The van der Waals surface area contributed by atoms with E-state index in [2.05, 4.69) is 71.9 Å². The molecule has 0 heteroatoms. The lowest BCUT2D eigenvalue weighted by Gasteiger charge is -2.37. The van der Waals surface area contributed by atoms with E-state index < -0.39 is 0 Å². The maximum Gasteiger partial charge on any atom is -0.0122 e. The van der Waals surface area contributed by atoms with Crippen LogP contribution in [0.25, 0.3) is 11.1 Å². The Kier molecular flexibility index (Phi) is 5.37. The molecule has 0 nitrogen and oxygen atoms in total. The highest BCUT2D eigenvalue weighted by Gasteiger charge is 2.31. The van der Waals surface area contributed by atoms with Gasteiger partial charge in [-0.25, -0.2) is 0 Å². The zero-order valence-corrected chi connectivity index (χ0v) is 16.9. The normalized spacial score (nSPS) is 23.7. The number of hydrogen-bond donors (Lipinski definition) is 0. The summed E-state index contributed by atoms with van der Waals surface area (Å²) in [6, 6.07) is 11.7. The van der Waals surface area contributed by atoms with Gasteiger partial charge in [-0.05, 0) is 97.2 Å². The van der Waals surface area contributed by atoms with Gasteiger partial charge in [-0.3, -0.25) is 0 Å². The summed E-state index contributed by atoms with van der Waals surface area (Å²) in [6.07, 6.45) is 5.44. The molecule has 3 atom stereocenters. The van der Waals surface area contributed by atoms with Crippen LogP contribution in [-0.2, 0) is 0 Å². The summed E-state index contributed by atoms with van der Waals surface area (Å²) in [6.45, 7) is 13.9. The number of benzene rings is 2. The van der Waals surface area contributed by atoms with Crippen LogP contribution in [0.3, 0.4) is 0 Å². The summed E-state index contributed by atoms with van der Waals surface area (Å²) in [5.74, 6) is 2.40. The Bertz CT molecular complexity index is 753. The minimum Gasteiger partial charge on any atom is -0.0651 e. The van der Waals surface area contributed by atoms with Crippen molar-refractivity contribution in [1.82, 2.24) is 0 Å². The van der Waals surface area contributed by atoms with E-state index in [1.165, 1.54) is 59.1 Å². The molecule has 0 radical (unpaired) electrons. The number of hydrogen-bond acceptors (Lipinski definition) is 0. The van der Waals surface area contributed by atoms with Crippen molar-refractivity contribution in [2.75, 3.05) is 0 Å². The Labute approximate surface area is 154 Å². The molecule has 0 bridgehead atoms. The van der Waals surface area contributed by atoms with Crippen LogP contribution in [0, 0.1) is 39.5 Å². The smallest absolute Gasteiger partial charge is 0.0122 e. The van der Waals surface area contributed by atoms with Crippen LogP contribution >= 0.6 is 0 Å². The average molecular weight is 335 g/mol. The third kappa shape index (κ3) is 3.54. The first kappa shape index (κ1) is 18.2. The van der Waals surface area contributed by atoms with Crippen LogP contribution in [0.2, 0.25) is 0 Å². The fraction of sp³-hybridized carbons (Fsp3) is 0.520. The molecule has 0 saturated heterocycles. The Hall–Kier alpha value is -1.56. The molecule has 2 aromatic rings. The van der Waals surface area contributed by atoms with E-state index in [0.29, 0.717) is 5.92 Å². The molecule has 0 aliphatic heterocycles. The third-order valence-electron chi connectivity index (χ3n) is 6.75. The summed E-state index contributed by atoms with van der Waals surface area (Å²) >= 11 is 0. The van der Waals surface area contributed by atoms with E-state index in [9.17, 15) is 0 Å². The van der Waals surface area contributed by atoms with Gasteiger partial charge in [-0.1, -0.05) is 57.0 Å². The fourth-order valence-electron chi connectivity index (χ4n) is 4.76. The molecule has 3 rings (SSSR count). The maximum atomic E-state index is 2.44. The van der Waals surface area contributed by atoms with Crippen LogP contribution in [-0.4, -0.2) is 0 Å². The molecular formula is C25H34. The first-order valence-corrected chi connectivity index (χ1v) is 10.1. The first-order chi connectivity index (χ1) is 11.9. The van der Waals surface area contributed by atoms with Gasteiger partial charge in [-0.15, -0.1) is 0 Å². The second kappa shape index (κ2) is 7.36. The molecule has 134 valence electrons. The van der Waals surface area contributed by atoms with E-state index >= 15 is 0 Å². The van der Waals surface area contributed by atoms with Crippen LogP contribution in [0.1, 0.15) is 73.3 Å². The predicted molar refractivity (Wildman–Crippen MR) is 110 cm³/mol. The van der Waals surface area contributed by atoms with E-state index in [1.807, 2.05) is 0 Å². The van der Waals surface area contributed by atoms with Gasteiger partial charge in [0.1, 0.15) is 0 Å². The highest BCUT2D eigenvalue weighted by Crippen LogP contribution is 2.46. The topological polar surface area (TPSA) is 0 Å². The van der Waals surface area contributed by atoms with Gasteiger partial charge in [-0.2, -0.15) is 0 Å². The van der Waals surface area contributed by atoms with Crippen LogP contribution < -0.4 is 0 Å². The molecule has 3 unspecified atom stereocenters. The molecule has 0 amide bonds. The van der Waals surface area contributed by atoms with Gasteiger partial charge in [0, 0.05) is 0 Å². The fourth-order valence-corrected chi connectivity index (χ4v) is 4.76. The van der Waals surface area contributed by atoms with E-state index in [0.717, 1.165) is 11.8 Å². The zero-order valence-electron chi connectivity index (χ0n) is 16.9. The van der Waals surface area contributed by atoms with Crippen molar-refractivity contribution >= 4 is 0 Å². The minimum atomic E-state index is 0.713. The molecule has 1 fully saturated rings. The predicted octanol–water partition coefficient (Wildman–Crippen LogP) is 7.52. The summed E-state index contributed by atoms with van der Waals surface area (Å²) in [4.78, 5) is 0. The quantitative estimate of drug-likeness (QED) is 0.544. The minimum absolute atomic E-state index is 0.713. The number of rotatable bonds is 3. The highest BCUT2D eigenvalue weighted by molar-refractivity contribution is 5.71. The molecule has 1 aliphatic rings. The second-order valence-electron chi connectivity index (χ2n) is 8.46. The van der Waals surface area contributed by atoms with Crippen molar-refractivity contribution in [1.29, 1.82) is 0 Å². The van der Waals surface area contributed by atoms with Crippen molar-refractivity contribution in [3.63, 3.8) is 0 Å². The maximum absolute atomic E-state index is 2.44. The summed E-state index contributed by atoms with van der Waals surface area (Å²) < 4.78 is 0. The largest absolute Gasteiger partial charge is 0.0651 e. The second-order valence-corrected chi connectivity index (χ2v) is 8.46. The molecule has 0 heterocycles. The van der Waals surface area contributed by atoms with Gasteiger partial charge < -0.3 is 0 Å². The monoisotopic (exact) mass is 334 g/mol. The lowest BCUT2D eigenvalue weighted by atomic mass is 9.68. The Balaban J connectivity index is 2.17. The first-order valence-electron chi connectivity index (χ1n) is 10.1. The van der Waals surface area contributed by atoms with Crippen molar-refractivity contribution in [2.24, 2.45) is 11.8 Å². The van der Waals surface area contributed by atoms with Crippen molar-refractivity contribution < 1.29 is 0 Å². The molecule has 2 aromatic carbocycles. The van der Waals surface area contributed by atoms with E-state index in [4.69, 9.17) is 0 Å². The summed E-state index contributed by atoms with van der Waals surface area (Å²) in [5.41, 5.74) is 10.3. The van der Waals surface area contributed by atoms with Crippen molar-refractivity contribution in [3.05, 3.63) is 58.1 Å². The van der Waals surface area contributed by atoms with Crippen molar-refractivity contribution in [3.8, 4) is 11.1 Å². The molecule has 0 spiro atoms. The molecular weight excluding hydrogens is 300 g/mol. The lowest BCUT2D eigenvalue weighted by Crippen LogP contribution is -2.23. The molecule has 0 aromatic heterocycles. The van der Waals surface area contributed by atoms with E-state index in [1.54, 1.807) is 5.56 Å². The molecule has 0 N–H and O–H groups in total. The molecule has 25 heavy (non-hydrogen) atoms. The molecule has 1 saturated carbocycles. The standard InChI is InChI=1S/C25H34/c1-7-21-11-8-16(2)14-24(21)25-20(6)18(4)10-13-23(25)22-12-9-17(3)19(5)15-22/h9-10,12-13,15-16,21,24H,7-8,11,14H2,1-6H3. The van der Waals surface area contributed by atoms with Crippen molar-refractivity contribution in [2.45, 2.75) is 73.1 Å². The highest BCUT2D eigenvalue weighted by atomic mass is 14.4. The Morgan fingerprint density at radius 3 is 2.28 bits per heavy atom.